The van der Waals surface area contributed by atoms with E-state index in [1.807, 2.05) is 85.3 Å². The van der Waals surface area contributed by atoms with Crippen molar-refractivity contribution in [3.8, 4) is 5.75 Å². The van der Waals surface area contributed by atoms with Crippen molar-refractivity contribution in [3.63, 3.8) is 0 Å². The highest BCUT2D eigenvalue weighted by molar-refractivity contribution is 6.36. The van der Waals surface area contributed by atoms with Gasteiger partial charge in [0, 0.05) is 26.7 Å². The van der Waals surface area contributed by atoms with Gasteiger partial charge in [0.1, 0.15) is 12.4 Å². The summed E-state index contributed by atoms with van der Waals surface area (Å²) in [4.78, 5) is 15.0. The fraction of sp³-hybridized carbons (Fsp3) is 0.286. The Hall–Kier alpha value is -3.22. The van der Waals surface area contributed by atoms with Gasteiger partial charge in [0.15, 0.2) is 6.17 Å². The number of amidine groups is 1. The monoisotopic (exact) mass is 525 g/mol. The van der Waals surface area contributed by atoms with Gasteiger partial charge in [-0.15, -0.1) is 5.10 Å². The molecule has 3 aromatic rings. The molecule has 0 unspecified atom stereocenters. The number of rotatable bonds is 7. The van der Waals surface area contributed by atoms with E-state index in [4.69, 9.17) is 37.8 Å². The number of para-hydroxylation sites is 2. The third kappa shape index (κ3) is 5.30. The van der Waals surface area contributed by atoms with E-state index in [9.17, 15) is 4.79 Å². The van der Waals surface area contributed by atoms with Crippen molar-refractivity contribution >= 4 is 40.7 Å². The largest absolute Gasteiger partial charge is 0.488 e. The molecule has 0 saturated carbocycles. The fourth-order valence-electron chi connectivity index (χ4n) is 4.15. The Morgan fingerprint density at radius 1 is 0.944 bits per heavy atom. The number of anilines is 1. The standard InChI is InChI=1S/C28H29Cl2N3O3/c1-5-35-27(34)25-31-33(19-12-7-6-8-13-19)26(32(25)28(2,3)4)20-14-9-10-17-24(20)36-18-21-22(29)15-11-16-23(21)30/h6-17,26H,5,18H2,1-4H3/t26-/m1/s1. The lowest BCUT2D eigenvalue weighted by atomic mass is 10.0. The number of esters is 1. The number of benzene rings is 3. The Morgan fingerprint density at radius 2 is 1.58 bits per heavy atom. The van der Waals surface area contributed by atoms with Crippen LogP contribution in [0.3, 0.4) is 0 Å². The van der Waals surface area contributed by atoms with E-state index >= 15 is 0 Å². The minimum absolute atomic E-state index is 0.189. The van der Waals surface area contributed by atoms with Crippen LogP contribution < -0.4 is 9.75 Å². The first-order valence-electron chi connectivity index (χ1n) is 11.8. The average molecular weight is 526 g/mol. The van der Waals surface area contributed by atoms with Crippen molar-refractivity contribution in [1.29, 1.82) is 0 Å². The SMILES string of the molecule is CCOC(=O)C1=NN(c2ccccc2)[C@H](c2ccccc2OCc2c(Cl)cccc2Cl)N1C(C)(C)C. The maximum atomic E-state index is 13.0. The van der Waals surface area contributed by atoms with Crippen LogP contribution in [0.15, 0.2) is 77.9 Å². The predicted molar refractivity (Wildman–Crippen MR) is 145 cm³/mol. The second-order valence-electron chi connectivity index (χ2n) is 9.27. The summed E-state index contributed by atoms with van der Waals surface area (Å²) in [6, 6.07) is 22.8. The van der Waals surface area contributed by atoms with E-state index in [-0.39, 0.29) is 19.0 Å². The molecule has 1 atom stereocenters. The van der Waals surface area contributed by atoms with Crippen molar-refractivity contribution < 1.29 is 14.3 Å². The summed E-state index contributed by atoms with van der Waals surface area (Å²) < 4.78 is 11.7. The summed E-state index contributed by atoms with van der Waals surface area (Å²) in [5.41, 5.74) is 1.90. The molecule has 0 radical (unpaired) electrons. The molecule has 4 rings (SSSR count). The van der Waals surface area contributed by atoms with E-state index in [1.165, 1.54) is 0 Å². The summed E-state index contributed by atoms with van der Waals surface area (Å²) in [6.07, 6.45) is -0.468. The zero-order chi connectivity index (χ0) is 25.9. The number of hydrogen-bond donors (Lipinski definition) is 0. The number of nitrogens with zero attached hydrogens (tertiary/aromatic N) is 3. The van der Waals surface area contributed by atoms with Crippen LogP contribution in [-0.2, 0) is 16.1 Å². The first kappa shape index (κ1) is 25.9. The van der Waals surface area contributed by atoms with Gasteiger partial charge in [0.05, 0.1) is 12.3 Å². The van der Waals surface area contributed by atoms with E-state index in [2.05, 4.69) is 0 Å². The molecule has 0 fully saturated rings. The van der Waals surface area contributed by atoms with Crippen LogP contribution in [0.25, 0.3) is 0 Å². The lowest BCUT2D eigenvalue weighted by Crippen LogP contribution is -2.50. The highest BCUT2D eigenvalue weighted by Gasteiger charge is 2.46. The third-order valence-electron chi connectivity index (χ3n) is 5.74. The van der Waals surface area contributed by atoms with Crippen molar-refractivity contribution in [2.24, 2.45) is 5.10 Å². The summed E-state index contributed by atoms with van der Waals surface area (Å²) in [7, 11) is 0. The van der Waals surface area contributed by atoms with E-state index < -0.39 is 17.7 Å². The zero-order valence-corrected chi connectivity index (χ0v) is 22.3. The molecule has 1 aliphatic heterocycles. The van der Waals surface area contributed by atoms with Crippen LogP contribution in [0.4, 0.5) is 5.69 Å². The smallest absolute Gasteiger partial charge is 0.376 e. The normalized spacial score (nSPS) is 15.6. The Morgan fingerprint density at radius 3 is 2.22 bits per heavy atom. The van der Waals surface area contributed by atoms with Crippen molar-refractivity contribution in [2.75, 3.05) is 11.6 Å². The van der Waals surface area contributed by atoms with Gasteiger partial charge in [-0.1, -0.05) is 65.7 Å². The number of carbonyl (C=O) groups excluding carboxylic acids is 1. The first-order valence-corrected chi connectivity index (χ1v) is 12.5. The van der Waals surface area contributed by atoms with Crippen LogP contribution in [0.1, 0.15) is 45.0 Å². The van der Waals surface area contributed by atoms with Gasteiger partial charge in [0.2, 0.25) is 5.84 Å². The zero-order valence-electron chi connectivity index (χ0n) is 20.7. The number of carbonyl (C=O) groups is 1. The molecule has 8 heteroatoms. The molecular weight excluding hydrogens is 497 g/mol. The Kier molecular flexibility index (Phi) is 7.76. The Balaban J connectivity index is 1.80. The van der Waals surface area contributed by atoms with Gasteiger partial charge in [-0.2, -0.15) is 0 Å². The molecule has 0 saturated heterocycles. The van der Waals surface area contributed by atoms with Crippen molar-refractivity contribution in [3.05, 3.63) is 94.0 Å². The summed E-state index contributed by atoms with van der Waals surface area (Å²) in [5, 5.41) is 7.69. The number of ether oxygens (including phenoxy) is 2. The van der Waals surface area contributed by atoms with Crippen molar-refractivity contribution in [2.45, 2.75) is 46.0 Å². The Bertz CT molecular complexity index is 1240. The van der Waals surface area contributed by atoms with Gasteiger partial charge < -0.3 is 14.4 Å². The van der Waals surface area contributed by atoms with Crippen LogP contribution in [-0.4, -0.2) is 28.9 Å². The predicted octanol–water partition coefficient (Wildman–Crippen LogP) is 7.07. The molecular formula is C28H29Cl2N3O3. The molecule has 0 aromatic heterocycles. The van der Waals surface area contributed by atoms with Crippen LogP contribution in [0, 0.1) is 0 Å². The van der Waals surface area contributed by atoms with Gasteiger partial charge in [-0.05, 0) is 58.0 Å². The van der Waals surface area contributed by atoms with Crippen LogP contribution in [0.5, 0.6) is 5.75 Å². The number of hydrogen-bond acceptors (Lipinski definition) is 6. The summed E-state index contributed by atoms with van der Waals surface area (Å²) in [6.45, 7) is 8.34. The molecule has 3 aromatic carbocycles. The molecule has 36 heavy (non-hydrogen) atoms. The maximum absolute atomic E-state index is 13.0. The Labute approximate surface area is 222 Å². The second kappa shape index (κ2) is 10.8. The lowest BCUT2D eigenvalue weighted by Gasteiger charge is -2.41. The molecule has 0 bridgehead atoms. The molecule has 1 heterocycles. The minimum Gasteiger partial charge on any atom is -0.488 e. The summed E-state index contributed by atoms with van der Waals surface area (Å²) >= 11 is 12.8. The topological polar surface area (TPSA) is 54.4 Å². The van der Waals surface area contributed by atoms with Crippen LogP contribution in [0.2, 0.25) is 10.0 Å². The van der Waals surface area contributed by atoms with Gasteiger partial charge in [-0.3, -0.25) is 0 Å². The highest BCUT2D eigenvalue weighted by Crippen LogP contribution is 2.43. The maximum Gasteiger partial charge on any atom is 0.376 e. The van der Waals surface area contributed by atoms with Gasteiger partial charge in [-0.25, -0.2) is 9.80 Å². The molecule has 0 amide bonds. The van der Waals surface area contributed by atoms with Gasteiger partial charge in [0.25, 0.3) is 0 Å². The third-order valence-corrected chi connectivity index (χ3v) is 6.45. The van der Waals surface area contributed by atoms with E-state index in [0.717, 1.165) is 11.3 Å². The fourth-order valence-corrected chi connectivity index (χ4v) is 4.65. The van der Waals surface area contributed by atoms with E-state index in [1.54, 1.807) is 25.1 Å². The lowest BCUT2D eigenvalue weighted by molar-refractivity contribution is -0.136. The highest BCUT2D eigenvalue weighted by atomic mass is 35.5. The van der Waals surface area contributed by atoms with Gasteiger partial charge >= 0.3 is 5.97 Å². The molecule has 188 valence electrons. The minimum atomic E-state index is -0.475. The number of halogens is 2. The van der Waals surface area contributed by atoms with E-state index in [0.29, 0.717) is 21.4 Å². The molecule has 6 nitrogen and oxygen atoms in total. The summed E-state index contributed by atoms with van der Waals surface area (Å²) in [5.74, 6) is 0.397. The average Bonchev–Trinajstić information content (AvgIpc) is 3.26. The second-order valence-corrected chi connectivity index (χ2v) is 10.1. The molecule has 0 spiro atoms. The molecule has 0 N–H and O–H groups in total. The van der Waals surface area contributed by atoms with Crippen LogP contribution >= 0.6 is 23.2 Å². The first-order chi connectivity index (χ1) is 17.2. The van der Waals surface area contributed by atoms with Crippen molar-refractivity contribution in [1.82, 2.24) is 4.90 Å². The number of hydrazone groups is 1. The quantitative estimate of drug-likeness (QED) is 0.308. The molecule has 0 aliphatic carbocycles. The molecule has 1 aliphatic rings.